The van der Waals surface area contributed by atoms with E-state index in [-0.39, 0.29) is 0 Å². The summed E-state index contributed by atoms with van der Waals surface area (Å²) in [7, 11) is 0. The topological polar surface area (TPSA) is 53.5 Å². The SMILES string of the molecule is Cc1ccccc1-c1ccc2c(c1)c1cc(-c3ccccc3C)ccc1n2-c1c(-c2ccc(-n3c4ccccc4c4ccccc43)cc2)cc(-c2nc(-c3ccccc3)nc(-c3ccccc3)n2)cc1-c1ccc(-n2c3ccccc3c3ccccc32)cc1. The molecule has 4 aromatic heterocycles. The van der Waals surface area contributed by atoms with Crippen LogP contribution in [0.3, 0.4) is 0 Å². The first-order valence-electron chi connectivity index (χ1n) is 30.4. The molecule has 0 radical (unpaired) electrons. The molecule has 418 valence electrons. The van der Waals surface area contributed by atoms with E-state index < -0.39 is 0 Å². The fourth-order valence-corrected chi connectivity index (χ4v) is 13.8. The quantitative estimate of drug-likeness (QED) is 0.137. The normalized spacial score (nSPS) is 11.7. The second-order valence-electron chi connectivity index (χ2n) is 23.2. The number of para-hydroxylation sites is 4. The van der Waals surface area contributed by atoms with E-state index in [9.17, 15) is 0 Å². The van der Waals surface area contributed by atoms with Gasteiger partial charge < -0.3 is 13.7 Å². The predicted octanol–water partition coefficient (Wildman–Crippen LogP) is 21.4. The monoisotopic (exact) mass is 1140 g/mol. The molecule has 0 aliphatic carbocycles. The first-order valence-corrected chi connectivity index (χ1v) is 30.4. The lowest BCUT2D eigenvalue weighted by atomic mass is 9.92. The minimum atomic E-state index is 0.573. The van der Waals surface area contributed by atoms with Crippen LogP contribution in [0.2, 0.25) is 0 Å². The molecule has 4 heterocycles. The van der Waals surface area contributed by atoms with Gasteiger partial charge in [0.05, 0.1) is 38.8 Å². The Morgan fingerprint density at radius 3 is 0.910 bits per heavy atom. The zero-order valence-electron chi connectivity index (χ0n) is 49.1. The van der Waals surface area contributed by atoms with Crippen molar-refractivity contribution in [3.05, 3.63) is 314 Å². The van der Waals surface area contributed by atoms with E-state index in [1.165, 1.54) is 54.9 Å². The van der Waals surface area contributed by atoms with Crippen molar-refractivity contribution < 1.29 is 0 Å². The van der Waals surface area contributed by atoms with Crippen molar-refractivity contribution in [1.29, 1.82) is 0 Å². The van der Waals surface area contributed by atoms with Gasteiger partial charge in [0.15, 0.2) is 17.5 Å². The van der Waals surface area contributed by atoms with Crippen molar-refractivity contribution >= 4 is 65.4 Å². The summed E-state index contributed by atoms with van der Waals surface area (Å²) in [6.07, 6.45) is 0. The second-order valence-corrected chi connectivity index (χ2v) is 23.2. The zero-order valence-corrected chi connectivity index (χ0v) is 49.1. The van der Waals surface area contributed by atoms with Crippen molar-refractivity contribution in [1.82, 2.24) is 28.7 Å². The number of nitrogens with zero attached hydrogens (tertiary/aromatic N) is 6. The van der Waals surface area contributed by atoms with Crippen LogP contribution in [0.5, 0.6) is 0 Å². The molecular formula is C83H56N6. The van der Waals surface area contributed by atoms with Gasteiger partial charge in [-0.1, -0.05) is 218 Å². The van der Waals surface area contributed by atoms with E-state index in [2.05, 4.69) is 294 Å². The molecule has 13 aromatic carbocycles. The van der Waals surface area contributed by atoms with Gasteiger partial charge in [-0.15, -0.1) is 0 Å². The van der Waals surface area contributed by atoms with Crippen molar-refractivity contribution in [2.75, 3.05) is 0 Å². The first kappa shape index (κ1) is 51.7. The number of hydrogen-bond acceptors (Lipinski definition) is 3. The molecule has 89 heavy (non-hydrogen) atoms. The van der Waals surface area contributed by atoms with E-state index in [1.54, 1.807) is 0 Å². The second kappa shape index (κ2) is 21.1. The van der Waals surface area contributed by atoms with E-state index >= 15 is 0 Å². The summed E-state index contributed by atoms with van der Waals surface area (Å²) in [5, 5.41) is 7.22. The van der Waals surface area contributed by atoms with E-state index in [4.69, 9.17) is 15.0 Å². The maximum absolute atomic E-state index is 5.43. The molecule has 6 heteroatoms. The molecule has 0 saturated heterocycles. The molecule has 0 fully saturated rings. The highest BCUT2D eigenvalue weighted by atomic mass is 15.0. The number of aryl methyl sites for hydroxylation is 2. The maximum atomic E-state index is 5.43. The summed E-state index contributed by atoms with van der Waals surface area (Å²) in [4.78, 5) is 16.0. The molecule has 0 amide bonds. The van der Waals surface area contributed by atoms with E-state index in [0.717, 1.165) is 99.9 Å². The molecule has 0 unspecified atom stereocenters. The molecule has 0 saturated carbocycles. The molecule has 17 rings (SSSR count). The fraction of sp³-hybridized carbons (Fsp3) is 0.0241. The van der Waals surface area contributed by atoms with Gasteiger partial charge in [0.25, 0.3) is 0 Å². The fourth-order valence-electron chi connectivity index (χ4n) is 13.8. The van der Waals surface area contributed by atoms with Crippen LogP contribution in [0, 0.1) is 13.8 Å². The highest BCUT2D eigenvalue weighted by molar-refractivity contribution is 6.14. The molecule has 0 atom stereocenters. The number of benzene rings is 13. The van der Waals surface area contributed by atoms with Gasteiger partial charge in [-0.25, -0.2) is 15.0 Å². The Bertz CT molecular complexity index is 5170. The molecule has 0 spiro atoms. The molecule has 0 aliphatic rings. The molecule has 6 nitrogen and oxygen atoms in total. The Balaban J connectivity index is 0.980. The summed E-state index contributed by atoms with van der Waals surface area (Å²) in [5.41, 5.74) is 24.1. The Labute approximate surface area is 515 Å². The summed E-state index contributed by atoms with van der Waals surface area (Å²) < 4.78 is 7.31. The lowest BCUT2D eigenvalue weighted by molar-refractivity contribution is 1.07. The Kier molecular flexibility index (Phi) is 12.2. The number of hydrogen-bond donors (Lipinski definition) is 0. The number of fused-ring (bicyclic) bond motifs is 9. The average Bonchev–Trinajstić information content (AvgIpc) is 1.84. The molecule has 0 bridgehead atoms. The molecule has 0 aliphatic heterocycles. The zero-order chi connectivity index (χ0) is 59.1. The molecule has 17 aromatic rings. The van der Waals surface area contributed by atoms with Gasteiger partial charge in [-0.3, -0.25) is 0 Å². The Morgan fingerprint density at radius 1 is 0.213 bits per heavy atom. The predicted molar refractivity (Wildman–Crippen MR) is 370 cm³/mol. The van der Waals surface area contributed by atoms with Crippen LogP contribution in [0.1, 0.15) is 11.1 Å². The Morgan fingerprint density at radius 2 is 0.528 bits per heavy atom. The van der Waals surface area contributed by atoms with Crippen LogP contribution in [0.25, 0.3) is 161 Å². The van der Waals surface area contributed by atoms with Gasteiger partial charge >= 0.3 is 0 Å². The minimum absolute atomic E-state index is 0.573. The Hall–Kier alpha value is -11.7. The van der Waals surface area contributed by atoms with Gasteiger partial charge in [-0.2, -0.15) is 0 Å². The highest BCUT2D eigenvalue weighted by Crippen LogP contribution is 2.47. The third-order valence-electron chi connectivity index (χ3n) is 18.0. The van der Waals surface area contributed by atoms with Crippen molar-refractivity contribution in [2.24, 2.45) is 0 Å². The van der Waals surface area contributed by atoms with Crippen LogP contribution in [0.4, 0.5) is 0 Å². The summed E-state index contributed by atoms with van der Waals surface area (Å²) in [6.45, 7) is 4.41. The van der Waals surface area contributed by atoms with Crippen molar-refractivity contribution in [2.45, 2.75) is 13.8 Å². The molecule has 0 N–H and O–H groups in total. The summed E-state index contributed by atoms with van der Waals surface area (Å²) in [6, 6.07) is 110. The highest BCUT2D eigenvalue weighted by Gasteiger charge is 2.25. The average molecular weight is 1140 g/mol. The van der Waals surface area contributed by atoms with Crippen LogP contribution < -0.4 is 0 Å². The van der Waals surface area contributed by atoms with Gasteiger partial charge in [0, 0.05) is 71.5 Å². The van der Waals surface area contributed by atoms with Gasteiger partial charge in [0.1, 0.15) is 0 Å². The minimum Gasteiger partial charge on any atom is -0.309 e. The summed E-state index contributed by atoms with van der Waals surface area (Å²) >= 11 is 0. The van der Waals surface area contributed by atoms with Crippen LogP contribution >= 0.6 is 0 Å². The number of rotatable bonds is 10. The van der Waals surface area contributed by atoms with Gasteiger partial charge in [-0.05, 0) is 143 Å². The third-order valence-corrected chi connectivity index (χ3v) is 18.0. The van der Waals surface area contributed by atoms with Crippen molar-refractivity contribution in [3.8, 4) is 95.7 Å². The smallest absolute Gasteiger partial charge is 0.164 e. The number of aromatic nitrogens is 6. The lowest BCUT2D eigenvalue weighted by Crippen LogP contribution is -2.04. The lowest BCUT2D eigenvalue weighted by Gasteiger charge is -2.22. The third kappa shape index (κ3) is 8.67. The summed E-state index contributed by atoms with van der Waals surface area (Å²) in [5.74, 6) is 1.77. The van der Waals surface area contributed by atoms with E-state index in [1.807, 2.05) is 36.4 Å². The largest absolute Gasteiger partial charge is 0.309 e. The van der Waals surface area contributed by atoms with Crippen molar-refractivity contribution in [3.63, 3.8) is 0 Å². The molecular weight excluding hydrogens is 1080 g/mol. The first-order chi connectivity index (χ1) is 44.0. The van der Waals surface area contributed by atoms with Crippen LogP contribution in [-0.2, 0) is 0 Å². The van der Waals surface area contributed by atoms with Crippen LogP contribution in [-0.4, -0.2) is 28.7 Å². The standard InChI is InChI=1S/C83H56N6/c1-53-21-9-11-27-64(53)59-41-47-78-72(49-59)73-50-60(65-28-12-10-22-54(65)2)42-48-79(73)89(78)80-70(55-37-43-62(44-38-55)87-74-33-17-13-29-66(74)67-30-14-18-34-75(67)87)51-61(83-85-81(57-23-5-3-6-24-57)84-82(86-83)58-25-7-4-8-26-58)52-71(80)56-39-45-63(46-40-56)88-76-35-19-15-31-68(76)69-32-16-20-36-77(69)88/h3-52H,1-2H3. The van der Waals surface area contributed by atoms with E-state index in [0.29, 0.717) is 17.5 Å². The van der Waals surface area contributed by atoms with Gasteiger partial charge in [0.2, 0.25) is 0 Å². The maximum Gasteiger partial charge on any atom is 0.164 e. The van der Waals surface area contributed by atoms with Crippen LogP contribution in [0.15, 0.2) is 303 Å².